The average molecular weight is 329 g/mol. The van der Waals surface area contributed by atoms with Crippen LogP contribution in [-0.4, -0.2) is 23.9 Å². The van der Waals surface area contributed by atoms with Crippen LogP contribution < -0.4 is 5.73 Å². The third-order valence-corrected chi connectivity index (χ3v) is 5.73. The lowest BCUT2D eigenvalue weighted by Crippen LogP contribution is -2.42. The van der Waals surface area contributed by atoms with Crippen molar-refractivity contribution in [2.75, 3.05) is 18.8 Å². The van der Waals surface area contributed by atoms with Crippen molar-refractivity contribution in [3.63, 3.8) is 0 Å². The van der Waals surface area contributed by atoms with Gasteiger partial charge in [0.25, 0.3) is 5.91 Å². The Morgan fingerprint density at radius 2 is 1.81 bits per heavy atom. The summed E-state index contributed by atoms with van der Waals surface area (Å²) in [6.07, 6.45) is 4.46. The van der Waals surface area contributed by atoms with Crippen molar-refractivity contribution in [3.8, 4) is 0 Å². The number of nitrogen functional groups attached to an aromatic ring is 1. The first-order chi connectivity index (χ1) is 9.92. The molecule has 0 aliphatic carbocycles. The van der Waals surface area contributed by atoms with Gasteiger partial charge in [0.2, 0.25) is 0 Å². The molecule has 5 heteroatoms. The fourth-order valence-corrected chi connectivity index (χ4v) is 3.39. The number of amides is 1. The molecular weight excluding hydrogens is 307 g/mol. The Hall–Kier alpha value is -0.930. The molecule has 0 unspecified atom stereocenters. The first-order valence-corrected chi connectivity index (χ1v) is 8.22. The standard InChI is InChI=1S/C16H22Cl2N2O/c1-3-16(4-2)5-7-20(8-6-16)15(21)11-9-12(17)14(18)13(19)10-11/h9-10H,3-8,19H2,1-2H3. The normalized spacial score (nSPS) is 17.8. The second-order valence-electron chi connectivity index (χ2n) is 5.86. The highest BCUT2D eigenvalue weighted by Gasteiger charge is 2.33. The van der Waals surface area contributed by atoms with E-state index in [2.05, 4.69) is 13.8 Å². The summed E-state index contributed by atoms with van der Waals surface area (Å²) in [6.45, 7) is 6.06. The molecule has 1 saturated heterocycles. The van der Waals surface area contributed by atoms with Crippen LogP contribution in [0.3, 0.4) is 0 Å². The zero-order valence-electron chi connectivity index (χ0n) is 12.6. The molecule has 1 aliphatic rings. The smallest absolute Gasteiger partial charge is 0.253 e. The molecule has 0 saturated carbocycles. The molecule has 0 atom stereocenters. The Balaban J connectivity index is 2.12. The van der Waals surface area contributed by atoms with E-state index in [1.807, 2.05) is 4.90 Å². The van der Waals surface area contributed by atoms with E-state index in [0.717, 1.165) is 25.9 Å². The first kappa shape index (κ1) is 16.4. The van der Waals surface area contributed by atoms with Crippen LogP contribution in [0, 0.1) is 5.41 Å². The van der Waals surface area contributed by atoms with E-state index in [1.54, 1.807) is 12.1 Å². The Morgan fingerprint density at radius 1 is 1.24 bits per heavy atom. The average Bonchev–Trinajstić information content (AvgIpc) is 2.51. The number of anilines is 1. The van der Waals surface area contributed by atoms with E-state index in [0.29, 0.717) is 26.7 Å². The molecule has 2 rings (SSSR count). The fourth-order valence-electron chi connectivity index (χ4n) is 3.06. The van der Waals surface area contributed by atoms with Crippen molar-refractivity contribution < 1.29 is 4.79 Å². The Labute approximate surface area is 136 Å². The van der Waals surface area contributed by atoms with E-state index in [-0.39, 0.29) is 5.91 Å². The lowest BCUT2D eigenvalue weighted by molar-refractivity contribution is 0.0558. The van der Waals surface area contributed by atoms with Crippen LogP contribution in [0.25, 0.3) is 0 Å². The summed E-state index contributed by atoms with van der Waals surface area (Å²) in [6, 6.07) is 3.21. The zero-order valence-corrected chi connectivity index (χ0v) is 14.1. The van der Waals surface area contributed by atoms with Gasteiger partial charge in [0, 0.05) is 18.7 Å². The van der Waals surface area contributed by atoms with Gasteiger partial charge in [-0.15, -0.1) is 0 Å². The number of nitrogens with two attached hydrogens (primary N) is 1. The SMILES string of the molecule is CCC1(CC)CCN(C(=O)c2cc(N)c(Cl)c(Cl)c2)CC1. The predicted molar refractivity (Wildman–Crippen MR) is 89.0 cm³/mol. The Bertz CT molecular complexity index is 508. The minimum atomic E-state index is -0.0129. The molecule has 0 radical (unpaired) electrons. The van der Waals surface area contributed by atoms with Crippen molar-refractivity contribution in [2.24, 2.45) is 5.41 Å². The van der Waals surface area contributed by atoms with Gasteiger partial charge < -0.3 is 10.6 Å². The molecule has 2 N–H and O–H groups in total. The Morgan fingerprint density at radius 3 is 2.29 bits per heavy atom. The van der Waals surface area contributed by atoms with Crippen molar-refractivity contribution in [1.82, 2.24) is 4.90 Å². The summed E-state index contributed by atoms with van der Waals surface area (Å²) in [7, 11) is 0. The first-order valence-electron chi connectivity index (χ1n) is 7.46. The second kappa shape index (κ2) is 6.45. The molecule has 1 fully saturated rings. The molecule has 0 bridgehead atoms. The minimum Gasteiger partial charge on any atom is -0.397 e. The molecular formula is C16H22Cl2N2O. The highest BCUT2D eigenvalue weighted by molar-refractivity contribution is 6.43. The molecule has 1 heterocycles. The third-order valence-electron chi connectivity index (χ3n) is 4.91. The van der Waals surface area contributed by atoms with Gasteiger partial charge in [-0.05, 0) is 30.4 Å². The second-order valence-corrected chi connectivity index (χ2v) is 6.65. The van der Waals surface area contributed by atoms with E-state index >= 15 is 0 Å². The maximum atomic E-state index is 12.6. The number of hydrogen-bond donors (Lipinski definition) is 1. The lowest BCUT2D eigenvalue weighted by atomic mass is 9.74. The maximum absolute atomic E-state index is 12.6. The van der Waals surface area contributed by atoms with Gasteiger partial charge in [-0.2, -0.15) is 0 Å². The van der Waals surface area contributed by atoms with Gasteiger partial charge in [-0.25, -0.2) is 0 Å². The number of hydrogen-bond acceptors (Lipinski definition) is 2. The van der Waals surface area contributed by atoms with Gasteiger partial charge in [0.1, 0.15) is 0 Å². The van der Waals surface area contributed by atoms with Gasteiger partial charge in [-0.1, -0.05) is 49.9 Å². The van der Waals surface area contributed by atoms with Crippen molar-refractivity contribution in [3.05, 3.63) is 27.7 Å². The van der Waals surface area contributed by atoms with E-state index < -0.39 is 0 Å². The number of carbonyl (C=O) groups is 1. The molecule has 1 aromatic rings. The molecule has 116 valence electrons. The van der Waals surface area contributed by atoms with Gasteiger partial charge in [0.05, 0.1) is 15.7 Å². The zero-order chi connectivity index (χ0) is 15.6. The maximum Gasteiger partial charge on any atom is 0.253 e. The third kappa shape index (κ3) is 3.29. The van der Waals surface area contributed by atoms with Crippen LogP contribution in [0.5, 0.6) is 0 Å². The Kier molecular flexibility index (Phi) is 5.05. The van der Waals surface area contributed by atoms with Crippen LogP contribution >= 0.6 is 23.2 Å². The molecule has 0 aromatic heterocycles. The fraction of sp³-hybridized carbons (Fsp3) is 0.562. The molecule has 1 amide bonds. The van der Waals surface area contributed by atoms with Crippen LogP contribution in [0.15, 0.2) is 12.1 Å². The molecule has 1 aromatic carbocycles. The molecule has 0 spiro atoms. The van der Waals surface area contributed by atoms with Gasteiger partial charge in [-0.3, -0.25) is 4.79 Å². The molecule has 21 heavy (non-hydrogen) atoms. The number of nitrogens with zero attached hydrogens (tertiary/aromatic N) is 1. The number of carbonyl (C=O) groups excluding carboxylic acids is 1. The van der Waals surface area contributed by atoms with Crippen molar-refractivity contribution in [2.45, 2.75) is 39.5 Å². The van der Waals surface area contributed by atoms with E-state index in [9.17, 15) is 4.79 Å². The molecule has 1 aliphatic heterocycles. The predicted octanol–water partition coefficient (Wildman–Crippen LogP) is 4.62. The monoisotopic (exact) mass is 328 g/mol. The largest absolute Gasteiger partial charge is 0.397 e. The summed E-state index contributed by atoms with van der Waals surface area (Å²) in [5.41, 5.74) is 7.05. The highest BCUT2D eigenvalue weighted by Crippen LogP contribution is 2.38. The van der Waals surface area contributed by atoms with Crippen LogP contribution in [0.4, 0.5) is 5.69 Å². The van der Waals surface area contributed by atoms with Crippen molar-refractivity contribution >= 4 is 34.8 Å². The number of rotatable bonds is 3. The number of halogens is 2. The van der Waals surface area contributed by atoms with Crippen LogP contribution in [0.2, 0.25) is 10.0 Å². The topological polar surface area (TPSA) is 46.3 Å². The van der Waals surface area contributed by atoms with E-state index in [4.69, 9.17) is 28.9 Å². The number of benzene rings is 1. The summed E-state index contributed by atoms with van der Waals surface area (Å²) in [5.74, 6) is -0.0129. The van der Waals surface area contributed by atoms with Gasteiger partial charge in [0.15, 0.2) is 0 Å². The summed E-state index contributed by atoms with van der Waals surface area (Å²) in [4.78, 5) is 14.5. The number of piperidine rings is 1. The molecule has 3 nitrogen and oxygen atoms in total. The van der Waals surface area contributed by atoms with Crippen LogP contribution in [-0.2, 0) is 0 Å². The summed E-state index contributed by atoms with van der Waals surface area (Å²) >= 11 is 11.9. The lowest BCUT2D eigenvalue weighted by Gasteiger charge is -2.41. The minimum absolute atomic E-state index is 0.0129. The number of likely N-dealkylation sites (tertiary alicyclic amines) is 1. The van der Waals surface area contributed by atoms with Crippen molar-refractivity contribution in [1.29, 1.82) is 0 Å². The summed E-state index contributed by atoms with van der Waals surface area (Å²) in [5, 5.41) is 0.635. The van der Waals surface area contributed by atoms with Crippen LogP contribution in [0.1, 0.15) is 49.9 Å². The summed E-state index contributed by atoms with van der Waals surface area (Å²) < 4.78 is 0. The van der Waals surface area contributed by atoms with Gasteiger partial charge >= 0.3 is 0 Å². The quantitative estimate of drug-likeness (QED) is 0.823. The van der Waals surface area contributed by atoms with E-state index in [1.165, 1.54) is 12.8 Å². The highest BCUT2D eigenvalue weighted by atomic mass is 35.5.